The summed E-state index contributed by atoms with van der Waals surface area (Å²) in [5, 5.41) is 0. The number of fused-ring (bicyclic) bond motifs is 1. The number of para-hydroxylation sites is 1. The van der Waals surface area contributed by atoms with Crippen LogP contribution in [0.25, 0.3) is 0 Å². The summed E-state index contributed by atoms with van der Waals surface area (Å²) < 4.78 is 5.14. The van der Waals surface area contributed by atoms with Crippen LogP contribution >= 0.6 is 0 Å². The molecule has 0 aromatic heterocycles. The first-order chi connectivity index (χ1) is 12.5. The molecule has 1 aliphatic rings. The van der Waals surface area contributed by atoms with Crippen molar-refractivity contribution in [2.24, 2.45) is 0 Å². The fourth-order valence-electron chi connectivity index (χ4n) is 3.20. The summed E-state index contributed by atoms with van der Waals surface area (Å²) in [5.74, 6) is -0.338. The van der Waals surface area contributed by atoms with Crippen LogP contribution in [-0.2, 0) is 22.6 Å². The lowest BCUT2D eigenvalue weighted by Crippen LogP contribution is -2.38. The lowest BCUT2D eigenvalue weighted by Gasteiger charge is -2.31. The molecule has 1 heterocycles. The molecule has 26 heavy (non-hydrogen) atoms. The molecule has 0 saturated carbocycles. The van der Waals surface area contributed by atoms with Crippen LogP contribution in [0.15, 0.2) is 42.5 Å². The van der Waals surface area contributed by atoms with Crippen molar-refractivity contribution in [2.75, 3.05) is 29.9 Å². The fraction of sp³-hybridized carbons (Fsp3) is 0.333. The van der Waals surface area contributed by atoms with Crippen molar-refractivity contribution in [3.05, 3.63) is 59.2 Å². The topological polar surface area (TPSA) is 49.9 Å². The second-order valence-electron chi connectivity index (χ2n) is 6.47. The SMILES string of the molecule is CCN(C)c1ccc2c(c1)CCN(c1ccccc1COC(C)=O)C2=O. The molecule has 0 aliphatic carbocycles. The molecule has 0 spiro atoms. The predicted octanol–water partition coefficient (Wildman–Crippen LogP) is 3.41. The third-order valence-electron chi connectivity index (χ3n) is 4.80. The molecule has 0 radical (unpaired) electrons. The smallest absolute Gasteiger partial charge is 0.302 e. The Hall–Kier alpha value is -2.82. The minimum Gasteiger partial charge on any atom is -0.461 e. The van der Waals surface area contributed by atoms with E-state index in [1.807, 2.05) is 43.4 Å². The van der Waals surface area contributed by atoms with E-state index in [1.165, 1.54) is 6.92 Å². The van der Waals surface area contributed by atoms with Gasteiger partial charge in [0.15, 0.2) is 0 Å². The number of anilines is 2. The third-order valence-corrected chi connectivity index (χ3v) is 4.80. The normalized spacial score (nSPS) is 13.3. The van der Waals surface area contributed by atoms with Crippen LogP contribution in [-0.4, -0.2) is 32.0 Å². The zero-order valence-corrected chi connectivity index (χ0v) is 15.5. The average molecular weight is 352 g/mol. The summed E-state index contributed by atoms with van der Waals surface area (Å²) in [6.07, 6.45) is 0.800. The van der Waals surface area contributed by atoms with Gasteiger partial charge in [0.05, 0.1) is 5.69 Å². The molecule has 5 heteroatoms. The molecule has 0 atom stereocenters. The number of carbonyl (C=O) groups excluding carboxylic acids is 2. The Labute approximate surface area is 154 Å². The molecule has 3 rings (SSSR count). The number of hydrogen-bond donors (Lipinski definition) is 0. The van der Waals surface area contributed by atoms with Gasteiger partial charge in [-0.1, -0.05) is 18.2 Å². The molecule has 2 aromatic rings. The summed E-state index contributed by atoms with van der Waals surface area (Å²) in [7, 11) is 2.05. The van der Waals surface area contributed by atoms with E-state index >= 15 is 0 Å². The Morgan fingerprint density at radius 1 is 1.23 bits per heavy atom. The van der Waals surface area contributed by atoms with Gasteiger partial charge in [-0.25, -0.2) is 0 Å². The Balaban J connectivity index is 1.89. The first-order valence-corrected chi connectivity index (χ1v) is 8.88. The molecule has 0 unspecified atom stereocenters. The second kappa shape index (κ2) is 7.60. The van der Waals surface area contributed by atoms with E-state index in [1.54, 1.807) is 4.90 Å². The minimum atomic E-state index is -0.331. The molecular formula is C21H24N2O3. The number of hydrogen-bond acceptors (Lipinski definition) is 4. The maximum Gasteiger partial charge on any atom is 0.302 e. The minimum absolute atomic E-state index is 0.00720. The Kier molecular flexibility index (Phi) is 5.26. The van der Waals surface area contributed by atoms with E-state index in [-0.39, 0.29) is 18.5 Å². The van der Waals surface area contributed by atoms with Crippen LogP contribution in [0.3, 0.4) is 0 Å². The first-order valence-electron chi connectivity index (χ1n) is 8.88. The lowest BCUT2D eigenvalue weighted by atomic mass is 9.97. The highest BCUT2D eigenvalue weighted by Crippen LogP contribution is 2.30. The summed E-state index contributed by atoms with van der Waals surface area (Å²) >= 11 is 0. The van der Waals surface area contributed by atoms with Crippen LogP contribution in [0, 0.1) is 0 Å². The second-order valence-corrected chi connectivity index (χ2v) is 6.47. The van der Waals surface area contributed by atoms with Crippen molar-refractivity contribution < 1.29 is 14.3 Å². The van der Waals surface area contributed by atoms with Crippen LogP contribution in [0.1, 0.15) is 35.3 Å². The zero-order valence-electron chi connectivity index (χ0n) is 15.5. The standard InChI is InChI=1S/C21H24N2O3/c1-4-22(3)18-9-10-19-16(13-18)11-12-23(21(19)25)20-8-6-5-7-17(20)14-26-15(2)24/h5-10,13H,4,11-12,14H2,1-3H3. The molecule has 136 valence electrons. The molecule has 5 nitrogen and oxygen atoms in total. The number of esters is 1. The first kappa shape index (κ1) is 18.0. The van der Waals surface area contributed by atoms with Crippen molar-refractivity contribution >= 4 is 23.3 Å². The summed E-state index contributed by atoms with van der Waals surface area (Å²) in [4.78, 5) is 28.1. The quantitative estimate of drug-likeness (QED) is 0.774. The van der Waals surface area contributed by atoms with Gasteiger partial charge in [0.2, 0.25) is 0 Å². The van der Waals surface area contributed by atoms with Crippen molar-refractivity contribution in [3.8, 4) is 0 Å². The third kappa shape index (κ3) is 3.57. The fourth-order valence-corrected chi connectivity index (χ4v) is 3.20. The van der Waals surface area contributed by atoms with Crippen molar-refractivity contribution in [1.82, 2.24) is 0 Å². The largest absolute Gasteiger partial charge is 0.461 e. The van der Waals surface area contributed by atoms with E-state index in [2.05, 4.69) is 17.9 Å². The zero-order chi connectivity index (χ0) is 18.7. The highest BCUT2D eigenvalue weighted by Gasteiger charge is 2.27. The summed E-state index contributed by atoms with van der Waals surface area (Å²) in [6, 6.07) is 13.6. The molecule has 0 saturated heterocycles. The van der Waals surface area contributed by atoms with Gasteiger partial charge in [0.25, 0.3) is 5.91 Å². The maximum atomic E-state index is 13.1. The van der Waals surface area contributed by atoms with Crippen LogP contribution in [0.4, 0.5) is 11.4 Å². The maximum absolute atomic E-state index is 13.1. The van der Waals surface area contributed by atoms with E-state index in [4.69, 9.17) is 4.74 Å². The number of benzene rings is 2. The molecule has 1 amide bonds. The van der Waals surface area contributed by atoms with Gasteiger partial charge in [-0.3, -0.25) is 9.59 Å². The van der Waals surface area contributed by atoms with Gasteiger partial charge in [0, 0.05) is 43.9 Å². The molecule has 1 aliphatic heterocycles. The van der Waals surface area contributed by atoms with Crippen LogP contribution in [0.2, 0.25) is 0 Å². The van der Waals surface area contributed by atoms with E-state index in [0.717, 1.165) is 41.0 Å². The van der Waals surface area contributed by atoms with Gasteiger partial charge in [-0.15, -0.1) is 0 Å². The van der Waals surface area contributed by atoms with E-state index in [9.17, 15) is 9.59 Å². The number of ether oxygens (including phenoxy) is 1. The van der Waals surface area contributed by atoms with Gasteiger partial charge >= 0.3 is 5.97 Å². The van der Waals surface area contributed by atoms with Crippen molar-refractivity contribution in [3.63, 3.8) is 0 Å². The molecule has 2 aromatic carbocycles. The van der Waals surface area contributed by atoms with Gasteiger partial charge in [0.1, 0.15) is 6.61 Å². The van der Waals surface area contributed by atoms with Gasteiger partial charge in [-0.2, -0.15) is 0 Å². The predicted molar refractivity (Wildman–Crippen MR) is 103 cm³/mol. The number of rotatable bonds is 5. The van der Waals surface area contributed by atoms with Gasteiger partial charge < -0.3 is 14.5 Å². The molecule has 0 bridgehead atoms. The van der Waals surface area contributed by atoms with Gasteiger partial charge in [-0.05, 0) is 43.2 Å². The molecular weight excluding hydrogens is 328 g/mol. The number of nitrogens with zero attached hydrogens (tertiary/aromatic N) is 2. The van der Waals surface area contributed by atoms with Crippen LogP contribution in [0.5, 0.6) is 0 Å². The summed E-state index contributed by atoms with van der Waals surface area (Å²) in [5.41, 5.74) is 4.59. The van der Waals surface area contributed by atoms with Crippen molar-refractivity contribution in [1.29, 1.82) is 0 Å². The van der Waals surface area contributed by atoms with Crippen LogP contribution < -0.4 is 9.80 Å². The number of amides is 1. The Morgan fingerprint density at radius 2 is 2.00 bits per heavy atom. The average Bonchev–Trinajstić information content (AvgIpc) is 2.66. The van der Waals surface area contributed by atoms with Crippen molar-refractivity contribution in [2.45, 2.75) is 26.9 Å². The number of carbonyl (C=O) groups is 2. The van der Waals surface area contributed by atoms with E-state index in [0.29, 0.717) is 6.54 Å². The summed E-state index contributed by atoms with van der Waals surface area (Å²) in [6.45, 7) is 5.19. The molecule has 0 N–H and O–H groups in total. The molecule has 0 fully saturated rings. The Morgan fingerprint density at radius 3 is 2.73 bits per heavy atom. The lowest BCUT2D eigenvalue weighted by molar-refractivity contribution is -0.142. The Bertz CT molecular complexity index is 832. The monoisotopic (exact) mass is 352 g/mol. The highest BCUT2D eigenvalue weighted by molar-refractivity contribution is 6.08. The highest BCUT2D eigenvalue weighted by atomic mass is 16.5. The van der Waals surface area contributed by atoms with E-state index < -0.39 is 0 Å².